The Morgan fingerprint density at radius 1 is 1.38 bits per heavy atom. The first kappa shape index (κ1) is 10.7. The van der Waals surface area contributed by atoms with Crippen LogP contribution in [0.25, 0.3) is 0 Å². The first-order valence-corrected chi connectivity index (χ1v) is 6.29. The maximum absolute atomic E-state index is 11.1. The molecule has 3 nitrogen and oxygen atoms in total. The summed E-state index contributed by atoms with van der Waals surface area (Å²) in [6.07, 6.45) is 1.73. The second-order valence-electron chi connectivity index (χ2n) is 3.96. The van der Waals surface area contributed by atoms with Crippen LogP contribution in [0.15, 0.2) is 11.5 Å². The average Bonchev–Trinajstić information content (AvgIpc) is 2.30. The van der Waals surface area contributed by atoms with E-state index in [4.69, 9.17) is 0 Å². The highest BCUT2D eigenvalue weighted by molar-refractivity contribution is 7.94. The fourth-order valence-corrected chi connectivity index (χ4v) is 2.46. The lowest BCUT2D eigenvalue weighted by molar-refractivity contribution is 0.411. The van der Waals surface area contributed by atoms with E-state index in [2.05, 4.69) is 26.1 Å². The molecule has 0 aromatic carbocycles. The molecule has 13 heavy (non-hydrogen) atoms. The normalized spacial score (nSPS) is 28.2. The molecule has 0 aromatic heterocycles. The van der Waals surface area contributed by atoms with E-state index in [9.17, 15) is 8.42 Å². The van der Waals surface area contributed by atoms with Crippen LogP contribution in [0.3, 0.4) is 0 Å². The van der Waals surface area contributed by atoms with Crippen molar-refractivity contribution in [3.05, 3.63) is 11.5 Å². The number of hydrogen-bond donors (Lipinski definition) is 1. The third-order valence-electron chi connectivity index (χ3n) is 2.41. The molecule has 1 heterocycles. The van der Waals surface area contributed by atoms with Crippen molar-refractivity contribution in [2.75, 3.05) is 5.75 Å². The van der Waals surface area contributed by atoms with Crippen LogP contribution in [0.1, 0.15) is 20.8 Å². The number of rotatable bonds is 3. The first-order chi connectivity index (χ1) is 5.91. The van der Waals surface area contributed by atoms with E-state index in [1.54, 1.807) is 6.08 Å². The monoisotopic (exact) mass is 203 g/mol. The van der Waals surface area contributed by atoms with E-state index in [1.165, 1.54) is 5.41 Å². The van der Waals surface area contributed by atoms with Crippen molar-refractivity contribution in [1.82, 2.24) is 5.32 Å². The largest absolute Gasteiger partial charge is 0.307 e. The summed E-state index contributed by atoms with van der Waals surface area (Å²) in [6.45, 7) is 6.30. The molecule has 2 unspecified atom stereocenters. The number of nitrogens with one attached hydrogen (secondary N) is 1. The minimum atomic E-state index is -2.91. The molecule has 1 aliphatic heterocycles. The molecule has 0 saturated heterocycles. The van der Waals surface area contributed by atoms with Crippen LogP contribution < -0.4 is 5.32 Å². The zero-order chi connectivity index (χ0) is 10.1. The van der Waals surface area contributed by atoms with Gasteiger partial charge in [0.05, 0.1) is 5.75 Å². The van der Waals surface area contributed by atoms with Crippen molar-refractivity contribution in [3.63, 3.8) is 0 Å². The quantitative estimate of drug-likeness (QED) is 0.742. The van der Waals surface area contributed by atoms with Crippen molar-refractivity contribution in [2.24, 2.45) is 5.92 Å². The second kappa shape index (κ2) is 3.80. The zero-order valence-electron chi connectivity index (χ0n) is 8.32. The molecule has 1 N–H and O–H groups in total. The lowest BCUT2D eigenvalue weighted by atomic mass is 10.1. The zero-order valence-corrected chi connectivity index (χ0v) is 9.14. The molecule has 0 fully saturated rings. The van der Waals surface area contributed by atoms with Gasteiger partial charge in [-0.1, -0.05) is 19.9 Å². The lowest BCUT2D eigenvalue weighted by Gasteiger charge is -2.20. The predicted molar refractivity (Wildman–Crippen MR) is 54.2 cm³/mol. The van der Waals surface area contributed by atoms with Gasteiger partial charge in [0, 0.05) is 17.5 Å². The van der Waals surface area contributed by atoms with Crippen molar-refractivity contribution in [2.45, 2.75) is 32.9 Å². The molecule has 1 rings (SSSR count). The van der Waals surface area contributed by atoms with Gasteiger partial charge in [-0.05, 0) is 12.8 Å². The minimum Gasteiger partial charge on any atom is -0.307 e. The van der Waals surface area contributed by atoms with Crippen molar-refractivity contribution >= 4 is 9.84 Å². The Morgan fingerprint density at radius 3 is 2.38 bits per heavy atom. The van der Waals surface area contributed by atoms with Gasteiger partial charge in [0.1, 0.15) is 0 Å². The molecule has 76 valence electrons. The van der Waals surface area contributed by atoms with E-state index >= 15 is 0 Å². The summed E-state index contributed by atoms with van der Waals surface area (Å²) < 4.78 is 22.1. The van der Waals surface area contributed by atoms with Gasteiger partial charge in [0.2, 0.25) is 0 Å². The van der Waals surface area contributed by atoms with Crippen LogP contribution in [0.2, 0.25) is 0 Å². The van der Waals surface area contributed by atoms with E-state index in [1.807, 2.05) is 0 Å². The van der Waals surface area contributed by atoms with E-state index in [0.29, 0.717) is 12.0 Å². The fourth-order valence-electron chi connectivity index (χ4n) is 1.21. The minimum absolute atomic E-state index is 0.00222. The molecule has 0 aliphatic carbocycles. The van der Waals surface area contributed by atoms with Gasteiger partial charge in [-0.2, -0.15) is 0 Å². The van der Waals surface area contributed by atoms with Crippen LogP contribution in [-0.2, 0) is 9.84 Å². The van der Waals surface area contributed by atoms with Crippen LogP contribution in [0.4, 0.5) is 0 Å². The maximum Gasteiger partial charge on any atom is 0.173 e. The Hall–Kier alpha value is -0.350. The molecule has 4 heteroatoms. The molecule has 0 bridgehead atoms. The smallest absolute Gasteiger partial charge is 0.173 e. The van der Waals surface area contributed by atoms with Crippen LogP contribution in [0, 0.1) is 5.92 Å². The first-order valence-electron chi connectivity index (χ1n) is 4.58. The highest BCUT2D eigenvalue weighted by Gasteiger charge is 2.23. The second-order valence-corrected chi connectivity index (χ2v) is 5.90. The standard InChI is InChI=1S/C9H17NO2S/c1-7(2)8(3)10-9-4-5-13(11,12)6-9/h4-5,7-10H,6H2,1-3H3. The van der Waals surface area contributed by atoms with Crippen molar-refractivity contribution in [1.29, 1.82) is 0 Å². The number of sulfone groups is 1. The third kappa shape index (κ3) is 3.12. The SMILES string of the molecule is CC(C)C(C)NC1C=CS(=O)(=O)C1. The highest BCUT2D eigenvalue weighted by atomic mass is 32.2. The molecule has 0 spiro atoms. The molecule has 0 aromatic rings. The summed E-state index contributed by atoms with van der Waals surface area (Å²) >= 11 is 0. The van der Waals surface area contributed by atoms with Gasteiger partial charge in [0.25, 0.3) is 0 Å². The van der Waals surface area contributed by atoms with E-state index in [0.717, 1.165) is 0 Å². The molecule has 2 atom stereocenters. The Balaban J connectivity index is 2.47. The molecule has 1 aliphatic rings. The summed E-state index contributed by atoms with van der Waals surface area (Å²) in [6, 6.07) is 0.352. The molecular weight excluding hydrogens is 186 g/mol. The highest BCUT2D eigenvalue weighted by Crippen LogP contribution is 2.10. The van der Waals surface area contributed by atoms with Crippen molar-refractivity contribution < 1.29 is 8.42 Å². The van der Waals surface area contributed by atoms with Gasteiger partial charge in [-0.15, -0.1) is 0 Å². The topological polar surface area (TPSA) is 46.2 Å². The third-order valence-corrected chi connectivity index (χ3v) is 3.80. The van der Waals surface area contributed by atoms with Gasteiger partial charge < -0.3 is 5.32 Å². The van der Waals surface area contributed by atoms with Crippen LogP contribution >= 0.6 is 0 Å². The summed E-state index contributed by atoms with van der Waals surface area (Å²) in [5.74, 6) is 0.737. The van der Waals surface area contributed by atoms with Crippen molar-refractivity contribution in [3.8, 4) is 0 Å². The fraction of sp³-hybridized carbons (Fsp3) is 0.778. The maximum atomic E-state index is 11.1. The molecule has 0 saturated carbocycles. The molecule has 0 radical (unpaired) electrons. The molecule has 0 amide bonds. The Labute approximate surface area is 80.1 Å². The van der Waals surface area contributed by atoms with Crippen LogP contribution in [0.5, 0.6) is 0 Å². The predicted octanol–water partition coefficient (Wildman–Crippen LogP) is 0.931. The lowest BCUT2D eigenvalue weighted by Crippen LogP contribution is -2.39. The summed E-state index contributed by atoms with van der Waals surface area (Å²) in [4.78, 5) is 0. The Kier molecular flexibility index (Phi) is 3.14. The summed E-state index contributed by atoms with van der Waals surface area (Å²) in [5, 5.41) is 4.57. The average molecular weight is 203 g/mol. The summed E-state index contributed by atoms with van der Waals surface area (Å²) in [5.41, 5.74) is 0. The van der Waals surface area contributed by atoms with Crippen LogP contribution in [-0.4, -0.2) is 26.3 Å². The van der Waals surface area contributed by atoms with Gasteiger partial charge >= 0.3 is 0 Å². The Bertz CT molecular complexity index is 293. The van der Waals surface area contributed by atoms with Gasteiger partial charge in [0.15, 0.2) is 9.84 Å². The summed E-state index contributed by atoms with van der Waals surface area (Å²) in [7, 11) is -2.91. The van der Waals surface area contributed by atoms with Gasteiger partial charge in [-0.3, -0.25) is 0 Å². The number of hydrogen-bond acceptors (Lipinski definition) is 3. The Morgan fingerprint density at radius 2 is 2.00 bits per heavy atom. The molecular formula is C9H17NO2S. The van der Waals surface area contributed by atoms with E-state index in [-0.39, 0.29) is 11.8 Å². The van der Waals surface area contributed by atoms with Gasteiger partial charge in [-0.25, -0.2) is 8.42 Å². The van der Waals surface area contributed by atoms with E-state index < -0.39 is 9.84 Å².